The van der Waals surface area contributed by atoms with Crippen molar-refractivity contribution in [1.82, 2.24) is 4.98 Å². The normalized spacial score (nSPS) is 13.3. The topological polar surface area (TPSA) is 80.5 Å². The highest BCUT2D eigenvalue weighted by Crippen LogP contribution is 2.43. The fourth-order valence-corrected chi connectivity index (χ4v) is 2.83. The molecule has 112 valence electrons. The standard InChI is InChI=1S/C12H11ClN4O2S.BrH/c1-17-9-3-6(13)2-7(11(9)19-4-10(17)18)8-5-20-12(15-8)16-14;/h2-3,5H,4,14H2,1H3,(H,15,16);1H. The van der Waals surface area contributed by atoms with Crippen LogP contribution in [0.2, 0.25) is 5.02 Å². The van der Waals surface area contributed by atoms with Gasteiger partial charge in [0.25, 0.3) is 5.91 Å². The monoisotopic (exact) mass is 390 g/mol. The molecule has 0 spiro atoms. The van der Waals surface area contributed by atoms with Crippen LogP contribution in [-0.2, 0) is 4.79 Å². The van der Waals surface area contributed by atoms with E-state index in [-0.39, 0.29) is 29.5 Å². The smallest absolute Gasteiger partial charge is 0.264 e. The first-order valence-electron chi connectivity index (χ1n) is 5.75. The van der Waals surface area contributed by atoms with Crippen LogP contribution in [0, 0.1) is 0 Å². The third-order valence-corrected chi connectivity index (χ3v) is 4.00. The van der Waals surface area contributed by atoms with Gasteiger partial charge in [-0.3, -0.25) is 10.2 Å². The first kappa shape index (κ1) is 16.0. The SMILES string of the molecule is Br.CN1C(=O)COc2c(-c3csc(NN)n3)cc(Cl)cc21. The van der Waals surface area contributed by atoms with Crippen molar-refractivity contribution >= 4 is 56.6 Å². The van der Waals surface area contributed by atoms with Crippen molar-refractivity contribution in [2.75, 3.05) is 24.0 Å². The number of fused-ring (bicyclic) bond motifs is 1. The quantitative estimate of drug-likeness (QED) is 0.608. The van der Waals surface area contributed by atoms with Gasteiger partial charge in [-0.25, -0.2) is 10.8 Å². The molecule has 3 N–H and O–H groups in total. The van der Waals surface area contributed by atoms with Crippen LogP contribution in [0.5, 0.6) is 5.75 Å². The molecule has 0 saturated carbocycles. The van der Waals surface area contributed by atoms with Crippen molar-refractivity contribution in [3.63, 3.8) is 0 Å². The van der Waals surface area contributed by atoms with Crippen LogP contribution in [-0.4, -0.2) is 24.5 Å². The first-order valence-corrected chi connectivity index (χ1v) is 7.01. The Labute approximate surface area is 140 Å². The van der Waals surface area contributed by atoms with Gasteiger partial charge in [-0.05, 0) is 12.1 Å². The lowest BCUT2D eigenvalue weighted by atomic mass is 10.1. The van der Waals surface area contributed by atoms with Crippen LogP contribution < -0.4 is 20.9 Å². The number of hydrogen-bond acceptors (Lipinski definition) is 6. The molecule has 0 unspecified atom stereocenters. The van der Waals surface area contributed by atoms with E-state index in [4.69, 9.17) is 22.2 Å². The van der Waals surface area contributed by atoms with Gasteiger partial charge in [-0.15, -0.1) is 28.3 Å². The van der Waals surface area contributed by atoms with Gasteiger partial charge in [0.1, 0.15) is 0 Å². The number of anilines is 2. The van der Waals surface area contributed by atoms with Crippen LogP contribution in [0.1, 0.15) is 0 Å². The van der Waals surface area contributed by atoms with Crippen molar-refractivity contribution in [2.45, 2.75) is 0 Å². The number of nitrogens with one attached hydrogen (secondary N) is 1. The van der Waals surface area contributed by atoms with Gasteiger partial charge in [-0.1, -0.05) is 11.6 Å². The maximum absolute atomic E-state index is 11.7. The molecule has 1 aliphatic rings. The van der Waals surface area contributed by atoms with Crippen molar-refractivity contribution in [3.05, 3.63) is 22.5 Å². The molecule has 1 aromatic carbocycles. The Morgan fingerprint density at radius 2 is 2.29 bits per heavy atom. The number of thiazole rings is 1. The molecule has 0 fully saturated rings. The van der Waals surface area contributed by atoms with Crippen LogP contribution in [0.3, 0.4) is 0 Å². The summed E-state index contributed by atoms with van der Waals surface area (Å²) in [4.78, 5) is 17.5. The molecule has 9 heteroatoms. The molecule has 3 rings (SSSR count). The Bertz CT molecular complexity index is 694. The van der Waals surface area contributed by atoms with Gasteiger partial charge in [0, 0.05) is 23.0 Å². The zero-order valence-corrected chi connectivity index (χ0v) is 14.2. The Kier molecular flexibility index (Phi) is 4.72. The third kappa shape index (κ3) is 2.84. The van der Waals surface area contributed by atoms with E-state index >= 15 is 0 Å². The fraction of sp³-hybridized carbons (Fsp3) is 0.167. The summed E-state index contributed by atoms with van der Waals surface area (Å²) in [5.41, 5.74) is 4.57. The molecular weight excluding hydrogens is 380 g/mol. The molecule has 0 atom stereocenters. The Hall–Kier alpha value is -1.35. The summed E-state index contributed by atoms with van der Waals surface area (Å²) < 4.78 is 5.55. The molecule has 1 aromatic heterocycles. The lowest BCUT2D eigenvalue weighted by Gasteiger charge is -2.27. The number of amides is 1. The second-order valence-electron chi connectivity index (χ2n) is 4.23. The Balaban J connectivity index is 0.00000161. The summed E-state index contributed by atoms with van der Waals surface area (Å²) in [6, 6.07) is 3.46. The molecule has 1 aliphatic heterocycles. The van der Waals surface area contributed by atoms with E-state index in [1.807, 2.05) is 5.38 Å². The van der Waals surface area contributed by atoms with Crippen LogP contribution in [0.25, 0.3) is 11.3 Å². The maximum Gasteiger partial charge on any atom is 0.264 e. The molecule has 0 saturated heterocycles. The average Bonchev–Trinajstić information content (AvgIpc) is 2.91. The van der Waals surface area contributed by atoms with E-state index in [9.17, 15) is 4.79 Å². The number of nitrogen functional groups attached to an aromatic ring is 1. The minimum absolute atomic E-state index is 0. The summed E-state index contributed by atoms with van der Waals surface area (Å²) in [7, 11) is 1.69. The number of aromatic nitrogens is 1. The molecule has 6 nitrogen and oxygen atoms in total. The summed E-state index contributed by atoms with van der Waals surface area (Å²) in [6.07, 6.45) is 0. The first-order chi connectivity index (χ1) is 9.60. The number of carbonyl (C=O) groups excluding carboxylic acids is 1. The number of likely N-dealkylation sites (N-methyl/N-ethyl adjacent to an activating group) is 1. The largest absolute Gasteiger partial charge is 0.481 e. The zero-order chi connectivity index (χ0) is 14.3. The molecule has 21 heavy (non-hydrogen) atoms. The summed E-state index contributed by atoms with van der Waals surface area (Å²) in [5, 5.41) is 2.95. The van der Waals surface area contributed by atoms with Crippen LogP contribution in [0.15, 0.2) is 17.5 Å². The third-order valence-electron chi connectivity index (χ3n) is 3.01. The second kappa shape index (κ2) is 6.18. The maximum atomic E-state index is 11.7. The minimum atomic E-state index is -0.117. The molecule has 2 aromatic rings. The lowest BCUT2D eigenvalue weighted by Crippen LogP contribution is -2.35. The predicted molar refractivity (Wildman–Crippen MR) is 89.6 cm³/mol. The van der Waals surface area contributed by atoms with Gasteiger partial charge in [0.05, 0.1) is 11.4 Å². The molecule has 1 amide bonds. The van der Waals surface area contributed by atoms with Gasteiger partial charge in [0.2, 0.25) is 0 Å². The lowest BCUT2D eigenvalue weighted by molar-refractivity contribution is -0.120. The number of nitrogens with two attached hydrogens (primary N) is 1. The Morgan fingerprint density at radius 3 is 2.95 bits per heavy atom. The van der Waals surface area contributed by atoms with E-state index in [1.165, 1.54) is 16.2 Å². The van der Waals surface area contributed by atoms with Gasteiger partial charge >= 0.3 is 0 Å². The van der Waals surface area contributed by atoms with Crippen LogP contribution >= 0.6 is 39.9 Å². The number of hydrogen-bond donors (Lipinski definition) is 2. The zero-order valence-electron chi connectivity index (χ0n) is 10.9. The summed E-state index contributed by atoms with van der Waals surface area (Å²) >= 11 is 7.50. The van der Waals surface area contributed by atoms with E-state index in [0.717, 1.165) is 5.56 Å². The number of carbonyl (C=O) groups is 1. The number of benzene rings is 1. The van der Waals surface area contributed by atoms with Gasteiger partial charge in [-0.2, -0.15) is 0 Å². The van der Waals surface area contributed by atoms with Crippen molar-refractivity contribution < 1.29 is 9.53 Å². The number of ether oxygens (including phenoxy) is 1. The molecular formula is C12H12BrClN4O2S. The summed E-state index contributed by atoms with van der Waals surface area (Å²) in [5.74, 6) is 5.82. The molecule has 2 heterocycles. The van der Waals surface area contributed by atoms with E-state index in [2.05, 4.69) is 10.4 Å². The van der Waals surface area contributed by atoms with E-state index in [0.29, 0.717) is 27.3 Å². The molecule has 0 radical (unpaired) electrons. The van der Waals surface area contributed by atoms with Crippen molar-refractivity contribution in [1.29, 1.82) is 0 Å². The fourth-order valence-electron chi connectivity index (χ4n) is 2.00. The molecule has 0 aliphatic carbocycles. The van der Waals surface area contributed by atoms with Crippen molar-refractivity contribution in [2.24, 2.45) is 5.84 Å². The average molecular weight is 392 g/mol. The second-order valence-corrected chi connectivity index (χ2v) is 5.52. The number of halogens is 2. The van der Waals surface area contributed by atoms with E-state index in [1.54, 1.807) is 19.2 Å². The number of rotatable bonds is 2. The Morgan fingerprint density at radius 1 is 1.52 bits per heavy atom. The molecule has 0 bridgehead atoms. The van der Waals surface area contributed by atoms with E-state index < -0.39 is 0 Å². The summed E-state index contributed by atoms with van der Waals surface area (Å²) in [6.45, 7) is 0.00423. The van der Waals surface area contributed by atoms with Gasteiger partial charge in [0.15, 0.2) is 17.5 Å². The number of nitrogens with zero attached hydrogens (tertiary/aromatic N) is 2. The van der Waals surface area contributed by atoms with Crippen LogP contribution in [0.4, 0.5) is 10.8 Å². The van der Waals surface area contributed by atoms with Crippen molar-refractivity contribution in [3.8, 4) is 17.0 Å². The highest BCUT2D eigenvalue weighted by atomic mass is 79.9. The van der Waals surface area contributed by atoms with Gasteiger partial charge < -0.3 is 9.64 Å². The predicted octanol–water partition coefficient (Wildman–Crippen LogP) is 2.68. The highest BCUT2D eigenvalue weighted by molar-refractivity contribution is 8.93. The highest BCUT2D eigenvalue weighted by Gasteiger charge is 2.26. The minimum Gasteiger partial charge on any atom is -0.481 e. The number of hydrazine groups is 1.